The van der Waals surface area contributed by atoms with Gasteiger partial charge >= 0.3 is 51.4 Å². The first-order chi connectivity index (χ1) is 4.15. The van der Waals surface area contributed by atoms with Crippen molar-refractivity contribution in [1.29, 1.82) is 0 Å². The van der Waals surface area contributed by atoms with Crippen molar-refractivity contribution >= 4 is 5.97 Å². The minimum atomic E-state index is -1.10. The number of carbonyl (C=O) groups is 1. The molecule has 3 nitrogen and oxygen atoms in total. The van der Waals surface area contributed by atoms with Gasteiger partial charge in [-0.15, -0.1) is 0 Å². The van der Waals surface area contributed by atoms with E-state index in [-0.39, 0.29) is 51.4 Å². The summed E-state index contributed by atoms with van der Waals surface area (Å²) in [6.45, 7) is 0. The van der Waals surface area contributed by atoms with Gasteiger partial charge in [-0.1, -0.05) is 12.8 Å². The van der Waals surface area contributed by atoms with E-state index >= 15 is 0 Å². The monoisotopic (exact) mass is 167 g/mol. The molecule has 0 amide bonds. The molecule has 0 aromatic carbocycles. The van der Waals surface area contributed by atoms with E-state index in [1.54, 1.807) is 0 Å². The van der Waals surface area contributed by atoms with Crippen molar-refractivity contribution in [3.8, 4) is 0 Å². The summed E-state index contributed by atoms with van der Waals surface area (Å²) >= 11 is 0. The Hall–Kier alpha value is 1.07. The van der Waals surface area contributed by atoms with E-state index < -0.39 is 11.5 Å². The molecule has 0 aliphatic heterocycles. The Morgan fingerprint density at radius 1 is 1.40 bits per heavy atom. The maximum Gasteiger partial charge on any atom is 1.00 e. The molecule has 1 aliphatic rings. The van der Waals surface area contributed by atoms with Crippen LogP contribution in [-0.4, -0.2) is 11.5 Å². The number of hydrogen-bond donors (Lipinski definition) is 1. The summed E-state index contributed by atoms with van der Waals surface area (Å²) in [7, 11) is 0. The molecule has 1 rings (SSSR count). The third kappa shape index (κ3) is 2.29. The molecule has 0 bridgehead atoms. The molecule has 1 fully saturated rings. The number of aliphatic carboxylic acids is 1. The second kappa shape index (κ2) is 4.18. The Bertz CT molecular complexity index is 132. The number of carboxylic acid groups (broad SMARTS) is 1. The molecule has 0 aromatic rings. The van der Waals surface area contributed by atoms with E-state index in [2.05, 4.69) is 0 Å². The van der Waals surface area contributed by atoms with E-state index in [1.807, 2.05) is 0 Å². The molecule has 4 heteroatoms. The van der Waals surface area contributed by atoms with Crippen LogP contribution in [0.25, 0.3) is 0 Å². The molecule has 0 saturated heterocycles. The maximum absolute atomic E-state index is 10.3. The first-order valence-electron chi connectivity index (χ1n) is 3.15. The molecule has 0 radical (unpaired) electrons. The molecule has 2 N–H and O–H groups in total. The van der Waals surface area contributed by atoms with Crippen molar-refractivity contribution in [2.24, 2.45) is 5.73 Å². The quantitative estimate of drug-likeness (QED) is 0.405. The van der Waals surface area contributed by atoms with Gasteiger partial charge in [0.05, 0.1) is 11.5 Å². The van der Waals surface area contributed by atoms with Crippen LogP contribution in [-0.2, 0) is 4.79 Å². The smallest absolute Gasteiger partial charge is 0.548 e. The van der Waals surface area contributed by atoms with Crippen LogP contribution < -0.4 is 62.2 Å². The standard InChI is InChI=1S/C6H11NO2.K/c7-6(5(8)9)3-1-2-4-6;/h1-4,7H2,(H,8,9);/q;+1/p-1. The second-order valence-electron chi connectivity index (χ2n) is 2.65. The minimum Gasteiger partial charge on any atom is -0.548 e. The topological polar surface area (TPSA) is 66.2 Å². The van der Waals surface area contributed by atoms with Gasteiger partial charge in [-0.2, -0.15) is 0 Å². The van der Waals surface area contributed by atoms with Gasteiger partial charge in [0.15, 0.2) is 0 Å². The Labute approximate surface area is 103 Å². The number of hydrogen-bond acceptors (Lipinski definition) is 3. The Kier molecular flexibility index (Phi) is 4.63. The predicted octanol–water partition coefficient (Wildman–Crippen LogP) is -3.99. The average molecular weight is 167 g/mol. The van der Waals surface area contributed by atoms with Crippen LogP contribution in [0.3, 0.4) is 0 Å². The van der Waals surface area contributed by atoms with Crippen LogP contribution in [0.1, 0.15) is 25.7 Å². The molecule has 0 spiro atoms. The van der Waals surface area contributed by atoms with Gasteiger partial charge in [-0.3, -0.25) is 0 Å². The van der Waals surface area contributed by atoms with Crippen LogP contribution >= 0.6 is 0 Å². The first kappa shape index (κ1) is 11.1. The summed E-state index contributed by atoms with van der Waals surface area (Å²) < 4.78 is 0. The van der Waals surface area contributed by atoms with Gasteiger partial charge in [0.25, 0.3) is 0 Å². The Morgan fingerprint density at radius 2 is 1.80 bits per heavy atom. The Morgan fingerprint density at radius 3 is 2.00 bits per heavy atom. The van der Waals surface area contributed by atoms with Gasteiger partial charge in [-0.05, 0) is 12.8 Å². The van der Waals surface area contributed by atoms with E-state index in [9.17, 15) is 9.90 Å². The zero-order valence-electron chi connectivity index (χ0n) is 6.22. The molecule has 0 unspecified atom stereocenters. The zero-order chi connectivity index (χ0) is 6.91. The fourth-order valence-corrected chi connectivity index (χ4v) is 1.21. The van der Waals surface area contributed by atoms with Crippen molar-refractivity contribution < 1.29 is 61.3 Å². The fraction of sp³-hybridized carbons (Fsp3) is 0.833. The van der Waals surface area contributed by atoms with Crippen LogP contribution in [0.2, 0.25) is 0 Å². The molecule has 1 aliphatic carbocycles. The molecular formula is C6H10KNO2. The largest absolute Gasteiger partial charge is 1.00 e. The third-order valence-electron chi connectivity index (χ3n) is 1.90. The number of carboxylic acids is 1. The predicted molar refractivity (Wildman–Crippen MR) is 30.4 cm³/mol. The first-order valence-corrected chi connectivity index (χ1v) is 3.15. The summed E-state index contributed by atoms with van der Waals surface area (Å²) in [5.41, 5.74) is 4.44. The number of nitrogens with two attached hydrogens (primary N) is 1. The summed E-state index contributed by atoms with van der Waals surface area (Å²) in [6.07, 6.45) is 3.00. The van der Waals surface area contributed by atoms with Crippen molar-refractivity contribution in [2.75, 3.05) is 0 Å². The average Bonchev–Trinajstić information content (AvgIpc) is 2.16. The number of rotatable bonds is 1. The van der Waals surface area contributed by atoms with Crippen LogP contribution in [0.5, 0.6) is 0 Å². The van der Waals surface area contributed by atoms with Gasteiger partial charge in [0, 0.05) is 0 Å². The van der Waals surface area contributed by atoms with Gasteiger partial charge in [0.2, 0.25) is 0 Å². The molecular weight excluding hydrogens is 157 g/mol. The van der Waals surface area contributed by atoms with Crippen molar-refractivity contribution in [2.45, 2.75) is 31.2 Å². The second-order valence-corrected chi connectivity index (χ2v) is 2.65. The Balaban J connectivity index is 0.000000810. The summed E-state index contributed by atoms with van der Waals surface area (Å²) in [5.74, 6) is -1.10. The van der Waals surface area contributed by atoms with Gasteiger partial charge < -0.3 is 15.6 Å². The van der Waals surface area contributed by atoms with Crippen LogP contribution in [0.15, 0.2) is 0 Å². The molecule has 0 heterocycles. The normalized spacial score (nSPS) is 21.7. The van der Waals surface area contributed by atoms with E-state index in [1.165, 1.54) is 0 Å². The molecule has 1 saturated carbocycles. The molecule has 10 heavy (non-hydrogen) atoms. The van der Waals surface area contributed by atoms with Crippen LogP contribution in [0, 0.1) is 0 Å². The van der Waals surface area contributed by atoms with Crippen molar-refractivity contribution in [3.63, 3.8) is 0 Å². The maximum atomic E-state index is 10.3. The summed E-state index contributed by atoms with van der Waals surface area (Å²) in [6, 6.07) is 0. The molecule has 0 atom stereocenters. The third-order valence-corrected chi connectivity index (χ3v) is 1.90. The zero-order valence-corrected chi connectivity index (χ0v) is 9.35. The van der Waals surface area contributed by atoms with Crippen LogP contribution in [0.4, 0.5) is 0 Å². The SMILES string of the molecule is NC1(C(=O)[O-])CCCC1.[K+]. The van der Waals surface area contributed by atoms with E-state index in [4.69, 9.17) is 5.73 Å². The van der Waals surface area contributed by atoms with Gasteiger partial charge in [-0.25, -0.2) is 0 Å². The van der Waals surface area contributed by atoms with Crippen molar-refractivity contribution in [3.05, 3.63) is 0 Å². The van der Waals surface area contributed by atoms with E-state index in [0.717, 1.165) is 12.8 Å². The van der Waals surface area contributed by atoms with Crippen molar-refractivity contribution in [1.82, 2.24) is 0 Å². The van der Waals surface area contributed by atoms with Gasteiger partial charge in [0.1, 0.15) is 0 Å². The number of carbonyl (C=O) groups excluding carboxylic acids is 1. The van der Waals surface area contributed by atoms with E-state index in [0.29, 0.717) is 12.8 Å². The summed E-state index contributed by atoms with van der Waals surface area (Å²) in [4.78, 5) is 10.3. The summed E-state index contributed by atoms with van der Waals surface area (Å²) in [5, 5.41) is 10.3. The molecule has 52 valence electrons. The minimum absolute atomic E-state index is 0. The molecule has 0 aromatic heterocycles. The fourth-order valence-electron chi connectivity index (χ4n) is 1.21.